The van der Waals surface area contributed by atoms with E-state index in [0.717, 1.165) is 12.8 Å². The molecule has 0 rings (SSSR count). The van der Waals surface area contributed by atoms with Gasteiger partial charge in [0.25, 0.3) is 0 Å². The van der Waals surface area contributed by atoms with Gasteiger partial charge in [0, 0.05) is 6.61 Å². The van der Waals surface area contributed by atoms with E-state index in [9.17, 15) is 0 Å². The number of allylic oxidation sites excluding steroid dienone is 2. The van der Waals surface area contributed by atoms with E-state index in [-0.39, 0.29) is 0 Å². The van der Waals surface area contributed by atoms with Gasteiger partial charge in [-0.2, -0.15) is 0 Å². The van der Waals surface area contributed by atoms with Gasteiger partial charge in [-0.05, 0) is 18.8 Å². The van der Waals surface area contributed by atoms with Crippen LogP contribution in [-0.4, -0.2) is 11.7 Å². The molecule has 0 saturated heterocycles. The molecule has 0 spiro atoms. The minimum Gasteiger partial charge on any atom is -0.396 e. The molecule has 1 heteroatoms. The third-order valence-electron chi connectivity index (χ3n) is 1.25. The van der Waals surface area contributed by atoms with E-state index in [2.05, 4.69) is 19.1 Å². The summed E-state index contributed by atoms with van der Waals surface area (Å²) in [7, 11) is 0. The Bertz CT molecular complexity index is 76.6. The molecule has 0 aliphatic carbocycles. The summed E-state index contributed by atoms with van der Waals surface area (Å²) in [6.07, 6.45) is 6.36. The van der Waals surface area contributed by atoms with Crippen LogP contribution < -0.4 is 0 Å². The van der Waals surface area contributed by atoms with E-state index in [1.807, 2.05) is 6.92 Å². The van der Waals surface area contributed by atoms with Crippen LogP contribution in [0.5, 0.6) is 0 Å². The molecule has 0 unspecified atom stereocenters. The van der Waals surface area contributed by atoms with Crippen molar-refractivity contribution in [2.24, 2.45) is 5.92 Å². The summed E-state index contributed by atoms with van der Waals surface area (Å²) in [6, 6.07) is 0. The molecular formula is C8H16O. The summed E-state index contributed by atoms with van der Waals surface area (Å²) in [6.45, 7) is 4.45. The van der Waals surface area contributed by atoms with E-state index >= 15 is 0 Å². The SMILES string of the molecule is CC/C=C/C[C@@H](C)CO. The lowest BCUT2D eigenvalue weighted by atomic mass is 10.1. The molecule has 9 heavy (non-hydrogen) atoms. The first-order chi connectivity index (χ1) is 4.31. The monoisotopic (exact) mass is 128 g/mol. The van der Waals surface area contributed by atoms with Crippen molar-refractivity contribution in [3.8, 4) is 0 Å². The molecule has 54 valence electrons. The molecule has 1 atom stereocenters. The number of hydrogen-bond donors (Lipinski definition) is 1. The number of aliphatic hydroxyl groups excluding tert-OH is 1. The second kappa shape index (κ2) is 5.83. The van der Waals surface area contributed by atoms with Gasteiger partial charge in [-0.3, -0.25) is 0 Å². The van der Waals surface area contributed by atoms with Gasteiger partial charge >= 0.3 is 0 Å². The van der Waals surface area contributed by atoms with Crippen molar-refractivity contribution < 1.29 is 5.11 Å². The highest BCUT2D eigenvalue weighted by atomic mass is 16.3. The largest absolute Gasteiger partial charge is 0.396 e. The first-order valence-corrected chi connectivity index (χ1v) is 3.57. The van der Waals surface area contributed by atoms with Gasteiger partial charge < -0.3 is 5.11 Å². The topological polar surface area (TPSA) is 20.2 Å². The van der Waals surface area contributed by atoms with Crippen molar-refractivity contribution in [2.45, 2.75) is 26.7 Å². The Hall–Kier alpha value is -0.300. The van der Waals surface area contributed by atoms with Gasteiger partial charge in [-0.25, -0.2) is 0 Å². The summed E-state index contributed by atoms with van der Waals surface area (Å²) in [5.74, 6) is 0.424. The first-order valence-electron chi connectivity index (χ1n) is 3.57. The van der Waals surface area contributed by atoms with Crippen LogP contribution in [0.25, 0.3) is 0 Å². The van der Waals surface area contributed by atoms with Gasteiger partial charge in [0.2, 0.25) is 0 Å². The molecule has 0 radical (unpaired) electrons. The minimum atomic E-state index is 0.300. The lowest BCUT2D eigenvalue weighted by Crippen LogP contribution is -1.97. The third kappa shape index (κ3) is 5.57. The van der Waals surface area contributed by atoms with Crippen LogP contribution in [0.15, 0.2) is 12.2 Å². The first kappa shape index (κ1) is 8.70. The van der Waals surface area contributed by atoms with E-state index in [0.29, 0.717) is 12.5 Å². The maximum absolute atomic E-state index is 8.60. The van der Waals surface area contributed by atoms with E-state index in [4.69, 9.17) is 5.11 Å². The molecule has 0 aliphatic heterocycles. The van der Waals surface area contributed by atoms with Crippen LogP contribution in [0, 0.1) is 5.92 Å². The highest BCUT2D eigenvalue weighted by Gasteiger charge is 1.93. The predicted octanol–water partition coefficient (Wildman–Crippen LogP) is 1.97. The molecule has 0 fully saturated rings. The van der Waals surface area contributed by atoms with Gasteiger partial charge in [0.05, 0.1) is 0 Å². The summed E-state index contributed by atoms with van der Waals surface area (Å²) in [5.41, 5.74) is 0. The number of aliphatic hydroxyl groups is 1. The smallest absolute Gasteiger partial charge is 0.0459 e. The maximum Gasteiger partial charge on any atom is 0.0459 e. The van der Waals surface area contributed by atoms with Crippen molar-refractivity contribution in [1.82, 2.24) is 0 Å². The van der Waals surface area contributed by atoms with Crippen LogP contribution in [-0.2, 0) is 0 Å². The predicted molar refractivity (Wildman–Crippen MR) is 40.3 cm³/mol. The zero-order valence-corrected chi connectivity index (χ0v) is 6.30. The summed E-state index contributed by atoms with van der Waals surface area (Å²) >= 11 is 0. The second-order valence-corrected chi connectivity index (χ2v) is 2.40. The molecule has 0 aromatic heterocycles. The standard InChI is InChI=1S/C8H16O/c1-3-4-5-6-8(2)7-9/h4-5,8-9H,3,6-7H2,1-2H3/b5-4+/t8-/m1/s1. The second-order valence-electron chi connectivity index (χ2n) is 2.40. The summed E-state index contributed by atoms with van der Waals surface area (Å²) in [4.78, 5) is 0. The van der Waals surface area contributed by atoms with Gasteiger partial charge in [0.1, 0.15) is 0 Å². The highest BCUT2D eigenvalue weighted by Crippen LogP contribution is 2.00. The van der Waals surface area contributed by atoms with Crippen LogP contribution in [0.1, 0.15) is 26.7 Å². The number of hydrogen-bond acceptors (Lipinski definition) is 1. The average Bonchev–Trinajstić information content (AvgIpc) is 1.89. The number of rotatable bonds is 4. The van der Waals surface area contributed by atoms with Crippen LogP contribution in [0.3, 0.4) is 0 Å². The van der Waals surface area contributed by atoms with E-state index in [1.54, 1.807) is 0 Å². The zero-order chi connectivity index (χ0) is 7.11. The minimum absolute atomic E-state index is 0.300. The Balaban J connectivity index is 3.15. The summed E-state index contributed by atoms with van der Waals surface area (Å²) < 4.78 is 0. The third-order valence-corrected chi connectivity index (χ3v) is 1.25. The molecule has 0 amide bonds. The molecule has 0 aromatic rings. The Morgan fingerprint density at radius 2 is 2.11 bits per heavy atom. The Labute approximate surface area is 57.4 Å². The Morgan fingerprint density at radius 1 is 1.44 bits per heavy atom. The molecule has 0 heterocycles. The Kier molecular flexibility index (Phi) is 5.64. The normalized spacial score (nSPS) is 14.6. The molecule has 0 bridgehead atoms. The fraction of sp³-hybridized carbons (Fsp3) is 0.750. The quantitative estimate of drug-likeness (QED) is 0.574. The van der Waals surface area contributed by atoms with Crippen molar-refractivity contribution >= 4 is 0 Å². The fourth-order valence-electron chi connectivity index (χ4n) is 0.570. The fourth-order valence-corrected chi connectivity index (χ4v) is 0.570. The molecule has 0 aliphatic rings. The van der Waals surface area contributed by atoms with E-state index in [1.165, 1.54) is 0 Å². The molecule has 1 nitrogen and oxygen atoms in total. The molecule has 0 aromatic carbocycles. The highest BCUT2D eigenvalue weighted by molar-refractivity contribution is 4.81. The van der Waals surface area contributed by atoms with Crippen LogP contribution in [0.4, 0.5) is 0 Å². The zero-order valence-electron chi connectivity index (χ0n) is 6.30. The lowest BCUT2D eigenvalue weighted by Gasteiger charge is -2.00. The van der Waals surface area contributed by atoms with Crippen LogP contribution >= 0.6 is 0 Å². The van der Waals surface area contributed by atoms with Crippen molar-refractivity contribution in [3.63, 3.8) is 0 Å². The lowest BCUT2D eigenvalue weighted by molar-refractivity contribution is 0.239. The average molecular weight is 128 g/mol. The van der Waals surface area contributed by atoms with Crippen molar-refractivity contribution in [1.29, 1.82) is 0 Å². The van der Waals surface area contributed by atoms with Gasteiger partial charge in [-0.1, -0.05) is 26.0 Å². The molecule has 0 saturated carbocycles. The van der Waals surface area contributed by atoms with Gasteiger partial charge in [-0.15, -0.1) is 0 Å². The van der Waals surface area contributed by atoms with Crippen molar-refractivity contribution in [2.75, 3.05) is 6.61 Å². The summed E-state index contributed by atoms with van der Waals surface area (Å²) in [5, 5.41) is 8.60. The van der Waals surface area contributed by atoms with Gasteiger partial charge in [0.15, 0.2) is 0 Å². The maximum atomic E-state index is 8.60. The van der Waals surface area contributed by atoms with Crippen LogP contribution in [0.2, 0.25) is 0 Å². The van der Waals surface area contributed by atoms with E-state index < -0.39 is 0 Å². The Morgan fingerprint density at radius 3 is 2.56 bits per heavy atom. The molecular weight excluding hydrogens is 112 g/mol. The van der Waals surface area contributed by atoms with Crippen molar-refractivity contribution in [3.05, 3.63) is 12.2 Å². The molecule has 1 N–H and O–H groups in total.